The second-order valence-electron chi connectivity index (χ2n) is 8.88. The van der Waals surface area contributed by atoms with Crippen molar-refractivity contribution in [1.29, 1.82) is 0 Å². The van der Waals surface area contributed by atoms with Gasteiger partial charge in [-0.3, -0.25) is 9.69 Å². The van der Waals surface area contributed by atoms with Crippen molar-refractivity contribution >= 4 is 22.0 Å². The van der Waals surface area contributed by atoms with Gasteiger partial charge >= 0.3 is 0 Å². The van der Waals surface area contributed by atoms with Crippen LogP contribution in [0.5, 0.6) is 5.75 Å². The van der Waals surface area contributed by atoms with Crippen LogP contribution in [0.2, 0.25) is 0 Å². The van der Waals surface area contributed by atoms with Crippen LogP contribution in [-0.2, 0) is 21.4 Å². The molecule has 0 atom stereocenters. The quantitative estimate of drug-likeness (QED) is 0.606. The van der Waals surface area contributed by atoms with E-state index < -0.39 is 10.0 Å². The largest absolute Gasteiger partial charge is 0.497 e. The molecule has 0 spiro atoms. The SMILES string of the molecule is COc1ccc(CN2CCN(C(=O)C3CCN(S(=O)(=O)/C=C/c4ccccc4)CC3)CC2)cc1. The molecule has 0 aromatic heterocycles. The fourth-order valence-electron chi connectivity index (χ4n) is 4.55. The zero-order valence-corrected chi connectivity index (χ0v) is 20.5. The number of piperidine rings is 1. The first kappa shape index (κ1) is 24.4. The van der Waals surface area contributed by atoms with Crippen LogP contribution in [0.1, 0.15) is 24.0 Å². The molecule has 2 heterocycles. The molecule has 0 N–H and O–H groups in total. The van der Waals surface area contributed by atoms with E-state index in [1.54, 1.807) is 13.2 Å². The smallest absolute Gasteiger partial charge is 0.236 e. The van der Waals surface area contributed by atoms with Crippen molar-refractivity contribution in [3.8, 4) is 5.75 Å². The lowest BCUT2D eigenvalue weighted by Crippen LogP contribution is -2.51. The first-order valence-corrected chi connectivity index (χ1v) is 13.3. The minimum atomic E-state index is -3.48. The maximum Gasteiger partial charge on any atom is 0.236 e. The van der Waals surface area contributed by atoms with Gasteiger partial charge in [0.2, 0.25) is 15.9 Å². The molecule has 2 aliphatic heterocycles. The first-order valence-electron chi connectivity index (χ1n) is 11.8. The van der Waals surface area contributed by atoms with Crippen molar-refractivity contribution in [3.05, 3.63) is 71.1 Å². The molecule has 0 radical (unpaired) electrons. The Balaban J connectivity index is 1.23. The molecule has 4 rings (SSSR count). The summed E-state index contributed by atoms with van der Waals surface area (Å²) in [5.41, 5.74) is 2.08. The van der Waals surface area contributed by atoms with Crippen LogP contribution in [0.3, 0.4) is 0 Å². The summed E-state index contributed by atoms with van der Waals surface area (Å²) in [6.45, 7) is 4.74. The number of piperazine rings is 1. The van der Waals surface area contributed by atoms with Gasteiger partial charge in [-0.15, -0.1) is 0 Å². The highest BCUT2D eigenvalue weighted by Gasteiger charge is 2.33. The van der Waals surface area contributed by atoms with Gasteiger partial charge in [-0.2, -0.15) is 4.31 Å². The molecule has 34 heavy (non-hydrogen) atoms. The van der Waals surface area contributed by atoms with E-state index in [1.807, 2.05) is 47.4 Å². The fraction of sp³-hybridized carbons (Fsp3) is 0.423. The molecule has 2 aromatic carbocycles. The first-order chi connectivity index (χ1) is 16.4. The van der Waals surface area contributed by atoms with Gasteiger partial charge in [0.05, 0.1) is 7.11 Å². The van der Waals surface area contributed by atoms with Crippen LogP contribution < -0.4 is 4.74 Å². The third kappa shape index (κ3) is 6.25. The number of nitrogens with zero attached hydrogens (tertiary/aromatic N) is 3. The van der Waals surface area contributed by atoms with E-state index in [-0.39, 0.29) is 11.8 Å². The van der Waals surface area contributed by atoms with Gasteiger partial charge in [-0.25, -0.2) is 8.42 Å². The van der Waals surface area contributed by atoms with Gasteiger partial charge in [-0.1, -0.05) is 42.5 Å². The van der Waals surface area contributed by atoms with Crippen molar-refractivity contribution in [3.63, 3.8) is 0 Å². The molecule has 1 amide bonds. The average molecular weight is 484 g/mol. The molecule has 2 saturated heterocycles. The number of hydrogen-bond acceptors (Lipinski definition) is 5. The molecular formula is C26H33N3O4S. The summed E-state index contributed by atoms with van der Waals surface area (Å²) in [6, 6.07) is 17.5. The summed E-state index contributed by atoms with van der Waals surface area (Å²) >= 11 is 0. The van der Waals surface area contributed by atoms with Crippen LogP contribution in [-0.4, -0.2) is 74.8 Å². The lowest BCUT2D eigenvalue weighted by molar-refractivity contribution is -0.138. The Bertz CT molecular complexity index is 1070. The molecule has 2 aromatic rings. The molecule has 2 fully saturated rings. The maximum absolute atomic E-state index is 13.1. The molecule has 2 aliphatic rings. The molecule has 7 nitrogen and oxygen atoms in total. The summed E-state index contributed by atoms with van der Waals surface area (Å²) in [6.07, 6.45) is 2.77. The van der Waals surface area contributed by atoms with Crippen LogP contribution in [0.15, 0.2) is 60.0 Å². The summed E-state index contributed by atoms with van der Waals surface area (Å²) in [5.74, 6) is 0.920. The molecule has 0 aliphatic carbocycles. The van der Waals surface area contributed by atoms with Crippen molar-refractivity contribution in [2.75, 3.05) is 46.4 Å². The second-order valence-corrected chi connectivity index (χ2v) is 10.7. The Morgan fingerprint density at radius 3 is 2.21 bits per heavy atom. The van der Waals surface area contributed by atoms with Gasteiger partial charge in [0.1, 0.15) is 5.75 Å². The lowest BCUT2D eigenvalue weighted by atomic mass is 9.96. The van der Waals surface area contributed by atoms with Crippen molar-refractivity contribution in [2.24, 2.45) is 5.92 Å². The zero-order valence-electron chi connectivity index (χ0n) is 19.7. The van der Waals surface area contributed by atoms with Crippen LogP contribution in [0.25, 0.3) is 6.08 Å². The minimum absolute atomic E-state index is 0.0994. The van der Waals surface area contributed by atoms with Gasteiger partial charge in [0, 0.05) is 57.1 Å². The Morgan fingerprint density at radius 1 is 0.941 bits per heavy atom. The van der Waals surface area contributed by atoms with Crippen molar-refractivity contribution in [1.82, 2.24) is 14.1 Å². The van der Waals surface area contributed by atoms with Gasteiger partial charge < -0.3 is 9.64 Å². The number of sulfonamides is 1. The number of ether oxygens (including phenoxy) is 1. The number of carbonyl (C=O) groups excluding carboxylic acids is 1. The highest BCUT2D eigenvalue weighted by molar-refractivity contribution is 7.92. The van der Waals surface area contributed by atoms with Crippen LogP contribution >= 0.6 is 0 Å². The number of rotatable bonds is 7. The number of carbonyl (C=O) groups is 1. The number of amides is 1. The monoisotopic (exact) mass is 483 g/mol. The van der Waals surface area contributed by atoms with Gasteiger partial charge in [-0.05, 0) is 42.2 Å². The highest BCUT2D eigenvalue weighted by Crippen LogP contribution is 2.24. The third-order valence-electron chi connectivity index (χ3n) is 6.64. The third-order valence-corrected chi connectivity index (χ3v) is 8.21. The Kier molecular flexibility index (Phi) is 8.03. The summed E-state index contributed by atoms with van der Waals surface area (Å²) < 4.78 is 32.1. The molecule has 182 valence electrons. The lowest BCUT2D eigenvalue weighted by Gasteiger charge is -2.38. The van der Waals surface area contributed by atoms with E-state index >= 15 is 0 Å². The van der Waals surface area contributed by atoms with E-state index in [0.29, 0.717) is 39.0 Å². The van der Waals surface area contributed by atoms with Crippen LogP contribution in [0.4, 0.5) is 0 Å². The van der Waals surface area contributed by atoms with E-state index in [9.17, 15) is 13.2 Å². The normalized spacial score (nSPS) is 18.9. The van der Waals surface area contributed by atoms with E-state index in [4.69, 9.17) is 4.74 Å². The van der Waals surface area contributed by atoms with Gasteiger partial charge in [0.25, 0.3) is 0 Å². The summed E-state index contributed by atoms with van der Waals surface area (Å²) in [5, 5.41) is 1.27. The van der Waals surface area contributed by atoms with Crippen LogP contribution in [0, 0.1) is 5.92 Å². The Labute approximate surface area is 202 Å². The molecular weight excluding hydrogens is 450 g/mol. The standard InChI is InChI=1S/C26H33N3O4S/c1-33-25-9-7-23(8-10-25)21-27-16-18-28(19-17-27)26(30)24-11-14-29(15-12-24)34(31,32)20-13-22-5-3-2-4-6-22/h2-10,13,20,24H,11-12,14-19,21H2,1H3/b20-13+. The zero-order chi connectivity index (χ0) is 24.0. The van der Waals surface area contributed by atoms with E-state index in [2.05, 4.69) is 17.0 Å². The average Bonchev–Trinajstić information content (AvgIpc) is 2.89. The predicted molar refractivity (Wildman–Crippen MR) is 134 cm³/mol. The Hall–Kier alpha value is -2.68. The van der Waals surface area contributed by atoms with E-state index in [1.165, 1.54) is 15.3 Å². The van der Waals surface area contributed by atoms with Crippen molar-refractivity contribution < 1.29 is 17.9 Å². The topological polar surface area (TPSA) is 70.2 Å². The Morgan fingerprint density at radius 2 is 1.59 bits per heavy atom. The number of methoxy groups -OCH3 is 1. The van der Waals surface area contributed by atoms with Crippen molar-refractivity contribution in [2.45, 2.75) is 19.4 Å². The maximum atomic E-state index is 13.1. The molecule has 0 unspecified atom stereocenters. The number of benzene rings is 2. The summed E-state index contributed by atoms with van der Waals surface area (Å²) in [7, 11) is -1.82. The molecule has 0 bridgehead atoms. The van der Waals surface area contributed by atoms with E-state index in [0.717, 1.165) is 30.9 Å². The fourth-order valence-corrected chi connectivity index (χ4v) is 5.77. The predicted octanol–water partition coefficient (Wildman–Crippen LogP) is 3.05. The summed E-state index contributed by atoms with van der Waals surface area (Å²) in [4.78, 5) is 17.4. The molecule has 0 saturated carbocycles. The molecule has 8 heteroatoms. The highest BCUT2D eigenvalue weighted by atomic mass is 32.2. The number of hydrogen-bond donors (Lipinski definition) is 0. The minimum Gasteiger partial charge on any atom is -0.497 e. The second kappa shape index (κ2) is 11.2. The van der Waals surface area contributed by atoms with Gasteiger partial charge in [0.15, 0.2) is 0 Å².